The van der Waals surface area contributed by atoms with Crippen molar-refractivity contribution < 1.29 is 4.74 Å². The smallest absolute Gasteiger partial charge is 0.123 e. The van der Waals surface area contributed by atoms with Crippen LogP contribution in [0, 0.1) is 19.3 Å². The maximum Gasteiger partial charge on any atom is 0.123 e. The third-order valence-corrected chi connectivity index (χ3v) is 4.36. The number of methoxy groups -OCH3 is 1. The molecular formula is C15H24N2O. The predicted molar refractivity (Wildman–Crippen MR) is 75.0 cm³/mol. The van der Waals surface area contributed by atoms with Crippen LogP contribution >= 0.6 is 0 Å². The van der Waals surface area contributed by atoms with Crippen molar-refractivity contribution in [1.29, 1.82) is 0 Å². The summed E-state index contributed by atoms with van der Waals surface area (Å²) in [6, 6.07) is 4.66. The van der Waals surface area contributed by atoms with Gasteiger partial charge in [0.25, 0.3) is 0 Å². The summed E-state index contributed by atoms with van der Waals surface area (Å²) in [6.45, 7) is 4.99. The number of nitrogens with one attached hydrogen (secondary N) is 1. The van der Waals surface area contributed by atoms with Crippen LogP contribution in [0.5, 0.6) is 5.75 Å². The van der Waals surface area contributed by atoms with E-state index in [1.807, 2.05) is 7.05 Å². The third kappa shape index (κ3) is 2.13. The first-order chi connectivity index (χ1) is 8.57. The molecule has 1 atom stereocenters. The van der Waals surface area contributed by atoms with Gasteiger partial charge in [-0.25, -0.2) is 0 Å². The summed E-state index contributed by atoms with van der Waals surface area (Å²) in [5.41, 5.74) is 10.0. The first-order valence-corrected chi connectivity index (χ1v) is 6.60. The number of hydrogen-bond donors (Lipinski definition) is 2. The average Bonchev–Trinajstić information content (AvgIpc) is 3.15. The van der Waals surface area contributed by atoms with Crippen molar-refractivity contribution in [2.45, 2.75) is 32.7 Å². The topological polar surface area (TPSA) is 47.3 Å². The Bertz CT molecular complexity index is 438. The fourth-order valence-electron chi connectivity index (χ4n) is 2.78. The first-order valence-electron chi connectivity index (χ1n) is 6.60. The highest BCUT2D eigenvalue weighted by Gasteiger charge is 2.49. The minimum absolute atomic E-state index is 0.226. The SMILES string of the molecule is CNC(c1cc(C)c(C)cc1OC)C1(CN)CC1. The Morgan fingerprint density at radius 2 is 1.94 bits per heavy atom. The van der Waals surface area contributed by atoms with Gasteiger partial charge in [0.1, 0.15) is 5.75 Å². The van der Waals surface area contributed by atoms with Gasteiger partial charge in [-0.05, 0) is 57.5 Å². The van der Waals surface area contributed by atoms with Crippen LogP contribution in [0.1, 0.15) is 35.6 Å². The Balaban J connectivity index is 2.45. The van der Waals surface area contributed by atoms with E-state index in [0.717, 1.165) is 12.3 Å². The van der Waals surface area contributed by atoms with E-state index in [9.17, 15) is 0 Å². The van der Waals surface area contributed by atoms with E-state index in [1.165, 1.54) is 29.5 Å². The molecule has 0 radical (unpaired) electrons. The van der Waals surface area contributed by atoms with Crippen molar-refractivity contribution in [2.24, 2.45) is 11.1 Å². The molecule has 1 fully saturated rings. The normalized spacial score (nSPS) is 18.5. The Morgan fingerprint density at radius 3 is 2.39 bits per heavy atom. The summed E-state index contributed by atoms with van der Waals surface area (Å²) in [5, 5.41) is 3.43. The zero-order valence-corrected chi connectivity index (χ0v) is 11.8. The third-order valence-electron chi connectivity index (χ3n) is 4.36. The van der Waals surface area contributed by atoms with E-state index in [4.69, 9.17) is 10.5 Å². The first kappa shape index (κ1) is 13.4. The highest BCUT2D eigenvalue weighted by molar-refractivity contribution is 5.45. The van der Waals surface area contributed by atoms with Crippen molar-refractivity contribution in [3.05, 3.63) is 28.8 Å². The van der Waals surface area contributed by atoms with Crippen LogP contribution in [0.25, 0.3) is 0 Å². The summed E-state index contributed by atoms with van der Waals surface area (Å²) in [4.78, 5) is 0. The van der Waals surface area contributed by atoms with Gasteiger partial charge >= 0.3 is 0 Å². The summed E-state index contributed by atoms with van der Waals surface area (Å²) in [7, 11) is 3.75. The number of nitrogens with two attached hydrogens (primary N) is 1. The summed E-state index contributed by atoms with van der Waals surface area (Å²) >= 11 is 0. The Labute approximate surface area is 110 Å². The second kappa shape index (κ2) is 4.90. The van der Waals surface area contributed by atoms with Gasteiger partial charge < -0.3 is 15.8 Å². The monoisotopic (exact) mass is 248 g/mol. The second-order valence-corrected chi connectivity index (χ2v) is 5.47. The van der Waals surface area contributed by atoms with E-state index >= 15 is 0 Å². The average molecular weight is 248 g/mol. The van der Waals surface area contributed by atoms with Gasteiger partial charge in [-0.2, -0.15) is 0 Å². The number of hydrogen-bond acceptors (Lipinski definition) is 3. The number of aryl methyl sites for hydroxylation is 2. The maximum atomic E-state index is 5.96. The molecule has 0 heterocycles. The van der Waals surface area contributed by atoms with E-state index in [1.54, 1.807) is 7.11 Å². The lowest BCUT2D eigenvalue weighted by Crippen LogP contribution is -2.32. The molecule has 1 unspecified atom stereocenters. The van der Waals surface area contributed by atoms with E-state index in [0.29, 0.717) is 0 Å². The molecule has 0 bridgehead atoms. The summed E-state index contributed by atoms with van der Waals surface area (Å²) in [5.74, 6) is 0.970. The zero-order chi connectivity index (χ0) is 13.3. The van der Waals surface area contributed by atoms with Gasteiger partial charge in [-0.1, -0.05) is 6.07 Å². The molecule has 1 aliphatic rings. The summed E-state index contributed by atoms with van der Waals surface area (Å²) in [6.07, 6.45) is 2.40. The van der Waals surface area contributed by atoms with Crippen LogP contribution in [0.2, 0.25) is 0 Å². The Hall–Kier alpha value is -1.06. The lowest BCUT2D eigenvalue weighted by atomic mass is 9.88. The molecule has 100 valence electrons. The van der Waals surface area contributed by atoms with Crippen molar-refractivity contribution in [3.63, 3.8) is 0 Å². The van der Waals surface area contributed by atoms with Gasteiger partial charge in [0, 0.05) is 17.0 Å². The fraction of sp³-hybridized carbons (Fsp3) is 0.600. The van der Waals surface area contributed by atoms with Crippen LogP contribution in [0.15, 0.2) is 12.1 Å². The molecule has 1 aliphatic carbocycles. The predicted octanol–water partition coefficient (Wildman–Crippen LogP) is 2.31. The fourth-order valence-corrected chi connectivity index (χ4v) is 2.78. The number of ether oxygens (including phenoxy) is 1. The highest BCUT2D eigenvalue weighted by Crippen LogP contribution is 2.55. The van der Waals surface area contributed by atoms with Crippen molar-refractivity contribution in [3.8, 4) is 5.75 Å². The van der Waals surface area contributed by atoms with Crippen molar-refractivity contribution >= 4 is 0 Å². The van der Waals surface area contributed by atoms with Gasteiger partial charge in [-0.15, -0.1) is 0 Å². The number of benzene rings is 1. The molecule has 3 heteroatoms. The van der Waals surface area contributed by atoms with Gasteiger partial charge in [0.15, 0.2) is 0 Å². The molecule has 18 heavy (non-hydrogen) atoms. The molecule has 3 nitrogen and oxygen atoms in total. The molecule has 0 spiro atoms. The van der Waals surface area contributed by atoms with Crippen molar-refractivity contribution in [1.82, 2.24) is 5.32 Å². The van der Waals surface area contributed by atoms with Gasteiger partial charge in [-0.3, -0.25) is 0 Å². The van der Waals surface area contributed by atoms with E-state index in [-0.39, 0.29) is 11.5 Å². The Kier molecular flexibility index (Phi) is 3.64. The van der Waals surface area contributed by atoms with E-state index in [2.05, 4.69) is 31.3 Å². The zero-order valence-electron chi connectivity index (χ0n) is 11.8. The van der Waals surface area contributed by atoms with Gasteiger partial charge in [0.05, 0.1) is 7.11 Å². The minimum Gasteiger partial charge on any atom is -0.496 e. The van der Waals surface area contributed by atoms with Crippen molar-refractivity contribution in [2.75, 3.05) is 20.7 Å². The van der Waals surface area contributed by atoms with Crippen LogP contribution in [-0.4, -0.2) is 20.7 Å². The van der Waals surface area contributed by atoms with E-state index < -0.39 is 0 Å². The maximum absolute atomic E-state index is 5.96. The van der Waals surface area contributed by atoms with Crippen LogP contribution in [0.4, 0.5) is 0 Å². The summed E-state index contributed by atoms with van der Waals surface area (Å²) < 4.78 is 5.55. The number of rotatable bonds is 5. The second-order valence-electron chi connectivity index (χ2n) is 5.47. The molecule has 1 aromatic carbocycles. The molecule has 0 aliphatic heterocycles. The Morgan fingerprint density at radius 1 is 1.33 bits per heavy atom. The molecule has 0 saturated heterocycles. The lowest BCUT2D eigenvalue weighted by Gasteiger charge is -2.28. The van der Waals surface area contributed by atoms with Gasteiger partial charge in [0.2, 0.25) is 0 Å². The largest absolute Gasteiger partial charge is 0.496 e. The molecule has 2 rings (SSSR count). The molecule has 1 saturated carbocycles. The molecule has 0 amide bonds. The minimum atomic E-state index is 0.226. The molecule has 1 aromatic rings. The van der Waals surface area contributed by atoms with Crippen LogP contribution < -0.4 is 15.8 Å². The highest BCUT2D eigenvalue weighted by atomic mass is 16.5. The molecular weight excluding hydrogens is 224 g/mol. The lowest BCUT2D eigenvalue weighted by molar-refractivity contribution is 0.343. The van der Waals surface area contributed by atoms with Crippen LogP contribution in [-0.2, 0) is 0 Å². The quantitative estimate of drug-likeness (QED) is 0.840. The molecule has 3 N–H and O–H groups in total. The van der Waals surface area contributed by atoms with Crippen LogP contribution in [0.3, 0.4) is 0 Å². The standard InChI is InChI=1S/C15H24N2O/c1-10-7-12(13(18-4)8-11(10)2)14(17-3)15(9-16)5-6-15/h7-8,14,17H,5-6,9,16H2,1-4H3. The molecule has 0 aromatic heterocycles.